The van der Waals surface area contributed by atoms with Crippen molar-refractivity contribution in [1.82, 2.24) is 4.90 Å². The van der Waals surface area contributed by atoms with Crippen LogP contribution in [-0.2, 0) is 11.3 Å². The molecule has 1 N–H and O–H groups in total. The van der Waals surface area contributed by atoms with Crippen LogP contribution in [0.3, 0.4) is 0 Å². The van der Waals surface area contributed by atoms with Crippen LogP contribution in [0.5, 0.6) is 0 Å². The van der Waals surface area contributed by atoms with Gasteiger partial charge in [0.15, 0.2) is 5.06 Å². The van der Waals surface area contributed by atoms with E-state index in [-0.39, 0.29) is 5.91 Å². The zero-order chi connectivity index (χ0) is 13.8. The number of hydrogen-bond acceptors (Lipinski definition) is 2. The number of carbonyl (C=O) groups is 1. The van der Waals surface area contributed by atoms with Crippen LogP contribution in [0.15, 0.2) is 30.3 Å². The van der Waals surface area contributed by atoms with Gasteiger partial charge < -0.3 is 10.0 Å². The van der Waals surface area contributed by atoms with Crippen LogP contribution in [0.4, 0.5) is 0 Å². The summed E-state index contributed by atoms with van der Waals surface area (Å²) in [7, 11) is 0. The number of rotatable bonds is 5. The molecule has 18 heavy (non-hydrogen) atoms. The molecule has 0 aliphatic carbocycles. The largest absolute Gasteiger partial charge is 0.373 e. The van der Waals surface area contributed by atoms with E-state index in [0.717, 1.165) is 5.56 Å². The lowest BCUT2D eigenvalue weighted by molar-refractivity contribution is -0.135. The maximum absolute atomic E-state index is 11.8. The Morgan fingerprint density at radius 1 is 1.44 bits per heavy atom. The van der Waals surface area contributed by atoms with E-state index in [4.69, 9.17) is 11.6 Å². The van der Waals surface area contributed by atoms with E-state index in [9.17, 15) is 9.90 Å². The Morgan fingerprint density at radius 2 is 2.00 bits per heavy atom. The molecule has 0 aliphatic heterocycles. The predicted molar refractivity (Wildman–Crippen MR) is 73.2 cm³/mol. The molecule has 0 radical (unpaired) electrons. The molecule has 2 atom stereocenters. The molecule has 1 aromatic carbocycles. The molecule has 0 aromatic heterocycles. The fourth-order valence-electron chi connectivity index (χ4n) is 2.10. The molecular weight excluding hydrogens is 250 g/mol. The maximum Gasteiger partial charge on any atom is 0.220 e. The van der Waals surface area contributed by atoms with Crippen molar-refractivity contribution in [2.24, 2.45) is 0 Å². The third kappa shape index (κ3) is 4.00. The summed E-state index contributed by atoms with van der Waals surface area (Å²) >= 11 is 5.97. The molecule has 3 nitrogen and oxygen atoms in total. The lowest BCUT2D eigenvalue weighted by atomic mass is 10.1. The lowest BCUT2D eigenvalue weighted by Crippen LogP contribution is -2.49. The molecule has 0 fully saturated rings. The number of aliphatic hydroxyl groups is 1. The van der Waals surface area contributed by atoms with E-state index >= 15 is 0 Å². The van der Waals surface area contributed by atoms with Crippen molar-refractivity contribution >= 4 is 17.5 Å². The number of carbonyl (C=O) groups excluding carboxylic acids is 1. The van der Waals surface area contributed by atoms with E-state index in [1.165, 1.54) is 13.8 Å². The molecule has 0 unspecified atom stereocenters. The second kappa shape index (κ2) is 6.21. The van der Waals surface area contributed by atoms with Crippen LogP contribution in [-0.4, -0.2) is 27.0 Å². The Hall–Kier alpha value is -1.06. The monoisotopic (exact) mass is 269 g/mol. The molecule has 0 spiro atoms. The number of halogens is 1. The van der Waals surface area contributed by atoms with Crippen molar-refractivity contribution < 1.29 is 9.90 Å². The van der Waals surface area contributed by atoms with Gasteiger partial charge in [-0.15, -0.1) is 0 Å². The Bertz CT molecular complexity index is 387. The van der Waals surface area contributed by atoms with E-state index in [1.807, 2.05) is 37.3 Å². The van der Waals surface area contributed by atoms with Crippen LogP contribution in [0.1, 0.15) is 32.8 Å². The average molecular weight is 270 g/mol. The molecule has 0 aliphatic rings. The van der Waals surface area contributed by atoms with Crippen molar-refractivity contribution in [2.75, 3.05) is 0 Å². The van der Waals surface area contributed by atoms with Gasteiger partial charge in [0.2, 0.25) is 5.91 Å². The molecule has 0 saturated heterocycles. The van der Waals surface area contributed by atoms with Gasteiger partial charge >= 0.3 is 0 Å². The standard InChI is InChI=1S/C14H20ClNO2/c1-4-13(14(3,15)18)16(11(2)17)10-12-8-6-5-7-9-12/h5-9,13,18H,4,10H2,1-3H3/t13-,14+/m1/s1. The van der Waals surface area contributed by atoms with Crippen molar-refractivity contribution in [1.29, 1.82) is 0 Å². The predicted octanol–water partition coefficient (Wildman–Crippen LogP) is 2.76. The van der Waals surface area contributed by atoms with E-state index < -0.39 is 11.1 Å². The minimum Gasteiger partial charge on any atom is -0.373 e. The molecule has 4 heteroatoms. The number of benzene rings is 1. The highest BCUT2D eigenvalue weighted by Gasteiger charge is 2.34. The van der Waals surface area contributed by atoms with Gasteiger partial charge in [-0.05, 0) is 18.9 Å². The Kier molecular flexibility index (Phi) is 5.17. The normalized spacial score (nSPS) is 15.8. The summed E-state index contributed by atoms with van der Waals surface area (Å²) in [6, 6.07) is 9.27. The van der Waals surface area contributed by atoms with Gasteiger partial charge in [0, 0.05) is 13.5 Å². The molecule has 100 valence electrons. The molecular formula is C14H20ClNO2. The second-order valence-electron chi connectivity index (χ2n) is 4.58. The summed E-state index contributed by atoms with van der Waals surface area (Å²) in [6.07, 6.45) is 0.600. The summed E-state index contributed by atoms with van der Waals surface area (Å²) in [5.41, 5.74) is 1.02. The topological polar surface area (TPSA) is 40.5 Å². The van der Waals surface area contributed by atoms with Crippen LogP contribution in [0, 0.1) is 0 Å². The van der Waals surface area contributed by atoms with Gasteiger partial charge in [-0.3, -0.25) is 4.79 Å². The van der Waals surface area contributed by atoms with Crippen LogP contribution in [0.25, 0.3) is 0 Å². The Labute approximate surface area is 113 Å². The van der Waals surface area contributed by atoms with Crippen LogP contribution >= 0.6 is 11.6 Å². The summed E-state index contributed by atoms with van der Waals surface area (Å²) in [5.74, 6) is -0.0911. The smallest absolute Gasteiger partial charge is 0.220 e. The summed E-state index contributed by atoms with van der Waals surface area (Å²) in [4.78, 5) is 13.4. The molecule has 1 aromatic rings. The summed E-state index contributed by atoms with van der Waals surface area (Å²) in [5, 5.41) is 8.52. The first-order chi connectivity index (χ1) is 8.36. The van der Waals surface area contributed by atoms with Crippen molar-refractivity contribution in [3.63, 3.8) is 0 Å². The molecule has 0 saturated carbocycles. The van der Waals surface area contributed by atoms with E-state index in [0.29, 0.717) is 13.0 Å². The van der Waals surface area contributed by atoms with E-state index in [1.54, 1.807) is 4.90 Å². The van der Waals surface area contributed by atoms with Crippen molar-refractivity contribution in [3.8, 4) is 0 Å². The van der Waals surface area contributed by atoms with Gasteiger partial charge in [-0.2, -0.15) is 0 Å². The molecule has 1 amide bonds. The number of alkyl halides is 1. The SMILES string of the molecule is CC[C@@H](N(Cc1ccccc1)C(C)=O)[C@](C)(O)Cl. The number of nitrogens with zero attached hydrogens (tertiary/aromatic N) is 1. The highest BCUT2D eigenvalue weighted by Crippen LogP contribution is 2.25. The number of hydrogen-bond donors (Lipinski definition) is 1. The molecule has 1 rings (SSSR count). The third-order valence-electron chi connectivity index (χ3n) is 2.97. The fraction of sp³-hybridized carbons (Fsp3) is 0.500. The third-order valence-corrected chi connectivity index (χ3v) is 3.22. The lowest BCUT2D eigenvalue weighted by Gasteiger charge is -2.36. The number of amides is 1. The molecule has 0 heterocycles. The molecule has 0 bridgehead atoms. The minimum atomic E-state index is -1.42. The summed E-state index contributed by atoms with van der Waals surface area (Å²) in [6.45, 7) is 5.37. The van der Waals surface area contributed by atoms with Crippen molar-refractivity contribution in [3.05, 3.63) is 35.9 Å². The van der Waals surface area contributed by atoms with Gasteiger partial charge in [-0.25, -0.2) is 0 Å². The van der Waals surface area contributed by atoms with Crippen LogP contribution < -0.4 is 0 Å². The highest BCUT2D eigenvalue weighted by molar-refractivity contribution is 6.23. The average Bonchev–Trinajstić information content (AvgIpc) is 2.28. The van der Waals surface area contributed by atoms with Gasteiger partial charge in [0.25, 0.3) is 0 Å². The first-order valence-electron chi connectivity index (χ1n) is 6.08. The fourth-order valence-corrected chi connectivity index (χ4v) is 2.37. The van der Waals surface area contributed by atoms with Crippen molar-refractivity contribution in [2.45, 2.75) is 44.8 Å². The Morgan fingerprint density at radius 3 is 2.39 bits per heavy atom. The summed E-state index contributed by atoms with van der Waals surface area (Å²) < 4.78 is 0. The minimum absolute atomic E-state index is 0.0911. The maximum atomic E-state index is 11.8. The van der Waals surface area contributed by atoms with Gasteiger partial charge in [-0.1, -0.05) is 48.9 Å². The quantitative estimate of drug-likeness (QED) is 0.835. The zero-order valence-corrected chi connectivity index (χ0v) is 11.8. The second-order valence-corrected chi connectivity index (χ2v) is 5.35. The first kappa shape index (κ1) is 15.0. The van der Waals surface area contributed by atoms with Crippen LogP contribution in [0.2, 0.25) is 0 Å². The first-order valence-corrected chi connectivity index (χ1v) is 6.46. The van der Waals surface area contributed by atoms with E-state index in [2.05, 4.69) is 0 Å². The zero-order valence-electron chi connectivity index (χ0n) is 11.1. The van der Waals surface area contributed by atoms with Gasteiger partial charge in [0.05, 0.1) is 6.04 Å². The highest BCUT2D eigenvalue weighted by atomic mass is 35.5. The Balaban J connectivity index is 2.93. The van der Waals surface area contributed by atoms with Gasteiger partial charge in [0.1, 0.15) is 0 Å².